The number of aliphatic carboxylic acids is 1. The third-order valence-corrected chi connectivity index (χ3v) is 6.48. The molecule has 0 amide bonds. The molecule has 1 fully saturated rings. The lowest BCUT2D eigenvalue weighted by Gasteiger charge is -2.56. The molecular weight excluding hydrogens is 304 g/mol. The van der Waals surface area contributed by atoms with E-state index in [2.05, 4.69) is 26.8 Å². The second-order valence-corrected chi connectivity index (χ2v) is 8.35. The maximum absolute atomic E-state index is 11.6. The van der Waals surface area contributed by atoms with Crippen molar-refractivity contribution < 1.29 is 19.8 Å². The number of allylic oxidation sites excluding steroid dienone is 2. The summed E-state index contributed by atoms with van der Waals surface area (Å²) in [4.78, 5) is 22.5. The Morgan fingerprint density at radius 3 is 2.62 bits per heavy atom. The zero-order valence-corrected chi connectivity index (χ0v) is 15.0. The number of aldehydes is 1. The molecule has 2 N–H and O–H groups in total. The van der Waals surface area contributed by atoms with Gasteiger partial charge in [-0.2, -0.15) is 0 Å². The molecule has 0 heterocycles. The Hall–Kier alpha value is -1.42. The summed E-state index contributed by atoms with van der Waals surface area (Å²) in [5.74, 6) is -0.359. The Morgan fingerprint density at radius 2 is 2.04 bits per heavy atom. The second kappa shape index (κ2) is 7.22. The van der Waals surface area contributed by atoms with Gasteiger partial charge in [-0.15, -0.1) is 0 Å². The number of aliphatic hydroxyl groups excluding tert-OH is 1. The summed E-state index contributed by atoms with van der Waals surface area (Å²) in [6, 6.07) is 0. The lowest BCUT2D eigenvalue weighted by atomic mass is 9.48. The maximum atomic E-state index is 11.6. The van der Waals surface area contributed by atoms with E-state index in [1.54, 1.807) is 0 Å². The first-order valence-corrected chi connectivity index (χ1v) is 8.93. The molecule has 4 heteroatoms. The smallest absolute Gasteiger partial charge is 0.328 e. The topological polar surface area (TPSA) is 74.6 Å². The number of carboxylic acid groups (broad SMARTS) is 1. The van der Waals surface area contributed by atoms with Gasteiger partial charge in [-0.1, -0.05) is 33.3 Å². The lowest BCUT2D eigenvalue weighted by molar-refractivity contribution is -0.131. The van der Waals surface area contributed by atoms with Gasteiger partial charge in [0, 0.05) is 6.08 Å². The quantitative estimate of drug-likeness (QED) is 0.573. The predicted octanol–water partition coefficient (Wildman–Crippen LogP) is 3.75. The zero-order chi connectivity index (χ0) is 18.0. The molecule has 134 valence electrons. The number of hydrogen-bond acceptors (Lipinski definition) is 3. The number of hydrogen-bond donors (Lipinski definition) is 2. The molecule has 0 unspecified atom stereocenters. The van der Waals surface area contributed by atoms with Gasteiger partial charge in [0.25, 0.3) is 0 Å². The highest BCUT2D eigenvalue weighted by atomic mass is 16.4. The van der Waals surface area contributed by atoms with Crippen LogP contribution in [-0.4, -0.2) is 29.1 Å². The van der Waals surface area contributed by atoms with Crippen LogP contribution in [-0.2, 0) is 9.59 Å². The summed E-state index contributed by atoms with van der Waals surface area (Å²) in [6.45, 7) is 6.72. The molecule has 0 bridgehead atoms. The Labute approximate surface area is 144 Å². The van der Waals surface area contributed by atoms with E-state index in [0.717, 1.165) is 30.8 Å². The van der Waals surface area contributed by atoms with Crippen LogP contribution in [0.1, 0.15) is 59.3 Å². The largest absolute Gasteiger partial charge is 0.478 e. The highest BCUT2D eigenvalue weighted by Crippen LogP contribution is 2.60. The monoisotopic (exact) mass is 334 g/mol. The molecule has 0 aliphatic heterocycles. The molecule has 24 heavy (non-hydrogen) atoms. The average molecular weight is 334 g/mol. The lowest BCUT2D eigenvalue weighted by Crippen LogP contribution is -2.48. The van der Waals surface area contributed by atoms with Gasteiger partial charge in [0.1, 0.15) is 6.29 Å². The van der Waals surface area contributed by atoms with E-state index in [4.69, 9.17) is 5.11 Å². The van der Waals surface area contributed by atoms with Crippen LogP contribution in [0.3, 0.4) is 0 Å². The molecule has 0 aromatic heterocycles. The van der Waals surface area contributed by atoms with E-state index in [1.165, 1.54) is 12.8 Å². The van der Waals surface area contributed by atoms with Gasteiger partial charge in [-0.25, -0.2) is 4.79 Å². The minimum atomic E-state index is -1.03. The Morgan fingerprint density at radius 1 is 1.33 bits per heavy atom. The van der Waals surface area contributed by atoms with Crippen molar-refractivity contribution in [3.8, 4) is 0 Å². The molecule has 0 aromatic rings. The van der Waals surface area contributed by atoms with E-state index in [-0.39, 0.29) is 23.4 Å². The van der Waals surface area contributed by atoms with Crippen LogP contribution in [0, 0.1) is 22.7 Å². The molecule has 3 atom stereocenters. The molecule has 1 saturated carbocycles. The van der Waals surface area contributed by atoms with Crippen LogP contribution in [0.25, 0.3) is 0 Å². The fourth-order valence-corrected chi connectivity index (χ4v) is 5.28. The number of carbonyl (C=O) groups is 2. The van der Waals surface area contributed by atoms with Gasteiger partial charge in [0.15, 0.2) is 0 Å². The average Bonchev–Trinajstić information content (AvgIpc) is 2.50. The highest BCUT2D eigenvalue weighted by Gasteiger charge is 2.52. The summed E-state index contributed by atoms with van der Waals surface area (Å²) in [5.41, 5.74) is 1.70. The van der Waals surface area contributed by atoms with Crippen molar-refractivity contribution in [2.75, 3.05) is 6.61 Å². The molecule has 2 aliphatic rings. The van der Waals surface area contributed by atoms with Gasteiger partial charge in [-0.3, -0.25) is 4.79 Å². The van der Waals surface area contributed by atoms with Crippen molar-refractivity contribution in [3.63, 3.8) is 0 Å². The minimum absolute atomic E-state index is 0.0660. The fourth-order valence-electron chi connectivity index (χ4n) is 5.28. The number of carboxylic acids is 1. The van der Waals surface area contributed by atoms with Gasteiger partial charge in [-0.05, 0) is 65.9 Å². The van der Waals surface area contributed by atoms with Gasteiger partial charge in [0.2, 0.25) is 0 Å². The molecular formula is C20H30O4. The normalized spacial score (nSPS) is 32.7. The third-order valence-electron chi connectivity index (χ3n) is 6.48. The molecule has 0 radical (unpaired) electrons. The van der Waals surface area contributed by atoms with E-state index in [1.807, 2.05) is 0 Å². The molecule has 2 rings (SSSR count). The molecule has 0 saturated heterocycles. The first-order chi connectivity index (χ1) is 11.2. The van der Waals surface area contributed by atoms with Gasteiger partial charge in [0.05, 0.1) is 6.61 Å². The van der Waals surface area contributed by atoms with Gasteiger partial charge < -0.3 is 10.2 Å². The Bertz CT molecular complexity index is 558. The van der Waals surface area contributed by atoms with E-state index in [9.17, 15) is 14.7 Å². The van der Waals surface area contributed by atoms with E-state index in [0.29, 0.717) is 24.3 Å². The molecule has 0 spiro atoms. The maximum Gasteiger partial charge on any atom is 0.328 e. The predicted molar refractivity (Wildman–Crippen MR) is 93.5 cm³/mol. The van der Waals surface area contributed by atoms with Crippen molar-refractivity contribution in [1.82, 2.24) is 0 Å². The van der Waals surface area contributed by atoms with Crippen LogP contribution in [0.2, 0.25) is 0 Å². The zero-order valence-electron chi connectivity index (χ0n) is 15.0. The van der Waals surface area contributed by atoms with Gasteiger partial charge >= 0.3 is 5.97 Å². The van der Waals surface area contributed by atoms with Crippen molar-refractivity contribution in [2.45, 2.75) is 59.3 Å². The van der Waals surface area contributed by atoms with Crippen molar-refractivity contribution >= 4 is 12.3 Å². The van der Waals surface area contributed by atoms with Crippen LogP contribution < -0.4 is 0 Å². The minimum Gasteiger partial charge on any atom is -0.478 e. The van der Waals surface area contributed by atoms with Crippen molar-refractivity contribution in [2.24, 2.45) is 22.7 Å². The molecule has 0 aromatic carbocycles. The van der Waals surface area contributed by atoms with Crippen LogP contribution in [0.4, 0.5) is 0 Å². The number of aliphatic hydroxyl groups is 1. The highest BCUT2D eigenvalue weighted by molar-refractivity contribution is 5.80. The van der Waals surface area contributed by atoms with E-state index < -0.39 is 5.97 Å². The SMILES string of the molecule is CC1(C)CCC[C@@]2(C)[C@H](CC/C(=C/C(=O)O)CO)C(C=O)=CC[C@H]12. The van der Waals surface area contributed by atoms with E-state index >= 15 is 0 Å². The summed E-state index contributed by atoms with van der Waals surface area (Å²) in [6.07, 6.45) is 9.84. The van der Waals surface area contributed by atoms with Crippen molar-refractivity contribution in [1.29, 1.82) is 0 Å². The summed E-state index contributed by atoms with van der Waals surface area (Å²) in [7, 11) is 0. The third kappa shape index (κ3) is 3.64. The summed E-state index contributed by atoms with van der Waals surface area (Å²) < 4.78 is 0. The van der Waals surface area contributed by atoms with Crippen LogP contribution in [0.5, 0.6) is 0 Å². The number of fused-ring (bicyclic) bond motifs is 1. The first-order valence-electron chi connectivity index (χ1n) is 8.93. The Balaban J connectivity index is 2.27. The first kappa shape index (κ1) is 18.9. The van der Waals surface area contributed by atoms with Crippen LogP contribution >= 0.6 is 0 Å². The number of rotatable bonds is 6. The number of carbonyl (C=O) groups excluding carboxylic acids is 1. The molecule has 2 aliphatic carbocycles. The fraction of sp³-hybridized carbons (Fsp3) is 0.700. The van der Waals surface area contributed by atoms with Crippen molar-refractivity contribution in [3.05, 3.63) is 23.3 Å². The molecule has 4 nitrogen and oxygen atoms in total. The second-order valence-electron chi connectivity index (χ2n) is 8.35. The van der Waals surface area contributed by atoms with Crippen LogP contribution in [0.15, 0.2) is 23.3 Å². The Kier molecular flexibility index (Phi) is 5.69. The summed E-state index contributed by atoms with van der Waals surface area (Å²) in [5, 5.41) is 18.3. The standard InChI is InChI=1S/C20H30O4/c1-19(2)9-4-10-20(3)16(15(13-22)6-8-17(19)20)7-5-14(12-21)11-18(23)24/h6,11,13,16-17,21H,4-5,7-10,12H2,1-3H3,(H,23,24)/b14-11-/t16-,17-,20+/m1/s1. The summed E-state index contributed by atoms with van der Waals surface area (Å²) >= 11 is 0.